The molecule has 2 aromatic carbocycles. The molecule has 0 aromatic heterocycles. The number of benzene rings is 2. The zero-order valence-corrected chi connectivity index (χ0v) is 13.1. The number of nitrogens with one attached hydrogen (secondary N) is 2. The molecule has 2 N–H and O–H groups in total. The highest BCUT2D eigenvalue weighted by Crippen LogP contribution is 2.33. The van der Waals surface area contributed by atoms with Gasteiger partial charge in [0, 0.05) is 11.1 Å². The minimum absolute atomic E-state index is 0.0195. The number of hydrogen-bond acceptors (Lipinski definition) is 3. The Bertz CT molecular complexity index is 763. The van der Waals surface area contributed by atoms with Crippen LogP contribution in [0.1, 0.15) is 26.3 Å². The van der Waals surface area contributed by atoms with E-state index in [9.17, 15) is 4.79 Å². The standard InChI is InChI=1S/C18H20N2O2/c1-4-22-15-10-6-8-13-12(7-5-9-14(13)15)11-16-18(2,3)17(21)20-19-16/h5-11,19H,4H2,1-3H3,(H,20,21)/b16-11-. The van der Waals surface area contributed by atoms with Gasteiger partial charge in [-0.1, -0.05) is 30.3 Å². The van der Waals surface area contributed by atoms with Gasteiger partial charge in [-0.25, -0.2) is 0 Å². The van der Waals surface area contributed by atoms with E-state index in [0.29, 0.717) is 6.61 Å². The van der Waals surface area contributed by atoms with E-state index >= 15 is 0 Å². The first-order chi connectivity index (χ1) is 10.5. The number of hydrazine groups is 1. The summed E-state index contributed by atoms with van der Waals surface area (Å²) in [4.78, 5) is 11.9. The average Bonchev–Trinajstić information content (AvgIpc) is 2.75. The van der Waals surface area contributed by atoms with Crippen molar-refractivity contribution in [2.75, 3.05) is 6.61 Å². The van der Waals surface area contributed by atoms with E-state index in [2.05, 4.69) is 23.0 Å². The number of amides is 1. The lowest BCUT2D eigenvalue weighted by Gasteiger charge is -2.15. The first kappa shape index (κ1) is 14.4. The van der Waals surface area contributed by atoms with E-state index in [1.165, 1.54) is 0 Å². The van der Waals surface area contributed by atoms with Crippen LogP contribution in [0.2, 0.25) is 0 Å². The fourth-order valence-corrected chi connectivity index (χ4v) is 2.64. The third-order valence-corrected chi connectivity index (χ3v) is 4.07. The molecule has 1 aliphatic rings. The van der Waals surface area contributed by atoms with E-state index < -0.39 is 5.41 Å². The van der Waals surface area contributed by atoms with Crippen LogP contribution in [-0.4, -0.2) is 12.5 Å². The second-order valence-electron chi connectivity index (χ2n) is 5.89. The summed E-state index contributed by atoms with van der Waals surface area (Å²) in [7, 11) is 0. The zero-order valence-electron chi connectivity index (χ0n) is 13.1. The summed E-state index contributed by atoms with van der Waals surface area (Å²) in [6.45, 7) is 6.43. The quantitative estimate of drug-likeness (QED) is 0.914. The van der Waals surface area contributed by atoms with Gasteiger partial charge in [-0.2, -0.15) is 0 Å². The minimum atomic E-state index is -0.556. The van der Waals surface area contributed by atoms with Crippen molar-refractivity contribution in [1.29, 1.82) is 0 Å². The lowest BCUT2D eigenvalue weighted by atomic mass is 9.88. The van der Waals surface area contributed by atoms with E-state index in [0.717, 1.165) is 27.8 Å². The third kappa shape index (κ3) is 2.30. The van der Waals surface area contributed by atoms with Crippen LogP contribution in [0.4, 0.5) is 0 Å². The van der Waals surface area contributed by atoms with Crippen LogP contribution < -0.4 is 15.6 Å². The summed E-state index contributed by atoms with van der Waals surface area (Å²) in [5.74, 6) is 0.863. The number of fused-ring (bicyclic) bond motifs is 1. The smallest absolute Gasteiger partial charge is 0.249 e. The van der Waals surface area contributed by atoms with Crippen molar-refractivity contribution in [3.05, 3.63) is 47.7 Å². The molecule has 2 aromatic rings. The Morgan fingerprint density at radius 2 is 1.82 bits per heavy atom. The Balaban J connectivity index is 2.13. The Morgan fingerprint density at radius 3 is 2.50 bits per heavy atom. The number of ether oxygens (including phenoxy) is 1. The number of carbonyl (C=O) groups excluding carboxylic acids is 1. The first-order valence-electron chi connectivity index (χ1n) is 7.47. The monoisotopic (exact) mass is 296 g/mol. The highest BCUT2D eigenvalue weighted by molar-refractivity contribution is 5.96. The van der Waals surface area contributed by atoms with Crippen LogP contribution in [-0.2, 0) is 4.79 Å². The molecule has 1 heterocycles. The number of hydrogen-bond donors (Lipinski definition) is 2. The molecule has 1 amide bonds. The van der Waals surface area contributed by atoms with Gasteiger partial charge in [0.1, 0.15) is 5.75 Å². The number of rotatable bonds is 3. The molecule has 0 saturated carbocycles. The summed E-state index contributed by atoms with van der Waals surface area (Å²) < 4.78 is 5.70. The van der Waals surface area contributed by atoms with Crippen molar-refractivity contribution in [3.8, 4) is 5.75 Å². The molecule has 0 aliphatic carbocycles. The molecular formula is C18H20N2O2. The van der Waals surface area contributed by atoms with Crippen LogP contribution in [0.15, 0.2) is 42.1 Å². The van der Waals surface area contributed by atoms with E-state index in [-0.39, 0.29) is 5.91 Å². The Kier molecular flexibility index (Phi) is 3.53. The van der Waals surface area contributed by atoms with Gasteiger partial charge in [0.15, 0.2) is 0 Å². The topological polar surface area (TPSA) is 50.4 Å². The molecule has 1 aliphatic heterocycles. The van der Waals surface area contributed by atoms with Crippen molar-refractivity contribution in [2.24, 2.45) is 5.41 Å². The van der Waals surface area contributed by atoms with Crippen molar-refractivity contribution in [1.82, 2.24) is 10.9 Å². The molecule has 0 spiro atoms. The van der Waals surface area contributed by atoms with Crippen molar-refractivity contribution >= 4 is 22.8 Å². The van der Waals surface area contributed by atoms with Crippen molar-refractivity contribution in [2.45, 2.75) is 20.8 Å². The van der Waals surface area contributed by atoms with Crippen molar-refractivity contribution in [3.63, 3.8) is 0 Å². The van der Waals surface area contributed by atoms with Crippen LogP contribution >= 0.6 is 0 Å². The van der Waals surface area contributed by atoms with E-state index in [1.807, 2.05) is 51.1 Å². The van der Waals surface area contributed by atoms with Crippen LogP contribution in [0.3, 0.4) is 0 Å². The largest absolute Gasteiger partial charge is 0.493 e. The molecule has 0 atom stereocenters. The van der Waals surface area contributed by atoms with Gasteiger partial charge in [0.2, 0.25) is 5.91 Å². The molecule has 22 heavy (non-hydrogen) atoms. The lowest BCUT2D eigenvalue weighted by Crippen LogP contribution is -2.28. The Hall–Kier alpha value is -2.49. The molecule has 3 rings (SSSR count). The normalized spacial score (nSPS) is 18.3. The lowest BCUT2D eigenvalue weighted by molar-refractivity contribution is -0.125. The van der Waals surface area contributed by atoms with Gasteiger partial charge >= 0.3 is 0 Å². The molecule has 0 unspecified atom stereocenters. The summed E-state index contributed by atoms with van der Waals surface area (Å²) in [6.07, 6.45) is 2.02. The van der Waals surface area contributed by atoms with Gasteiger partial charge < -0.3 is 10.2 Å². The van der Waals surface area contributed by atoms with Gasteiger partial charge in [-0.05, 0) is 43.9 Å². The molecular weight excluding hydrogens is 276 g/mol. The molecule has 114 valence electrons. The Labute approximate surface area is 130 Å². The average molecular weight is 296 g/mol. The second kappa shape index (κ2) is 5.37. The van der Waals surface area contributed by atoms with Crippen LogP contribution in [0, 0.1) is 5.41 Å². The maximum absolute atomic E-state index is 11.9. The summed E-state index contributed by atoms with van der Waals surface area (Å²) in [6, 6.07) is 12.2. The van der Waals surface area contributed by atoms with Crippen LogP contribution in [0.5, 0.6) is 5.75 Å². The fraction of sp³-hybridized carbons (Fsp3) is 0.278. The van der Waals surface area contributed by atoms with E-state index in [4.69, 9.17) is 4.74 Å². The van der Waals surface area contributed by atoms with Crippen LogP contribution in [0.25, 0.3) is 16.8 Å². The summed E-state index contributed by atoms with van der Waals surface area (Å²) >= 11 is 0. The number of carbonyl (C=O) groups is 1. The SMILES string of the molecule is CCOc1cccc2c(/C=C3\NNC(=O)C3(C)C)cccc12. The molecule has 0 radical (unpaired) electrons. The maximum atomic E-state index is 11.9. The van der Waals surface area contributed by atoms with Gasteiger partial charge in [0.05, 0.1) is 12.0 Å². The van der Waals surface area contributed by atoms with E-state index in [1.54, 1.807) is 0 Å². The molecule has 4 nitrogen and oxygen atoms in total. The summed E-state index contributed by atoms with van der Waals surface area (Å²) in [5.41, 5.74) is 7.03. The highest BCUT2D eigenvalue weighted by Gasteiger charge is 2.37. The molecule has 4 heteroatoms. The van der Waals surface area contributed by atoms with Gasteiger partial charge in [-0.15, -0.1) is 0 Å². The molecule has 1 saturated heterocycles. The third-order valence-electron chi connectivity index (χ3n) is 4.07. The minimum Gasteiger partial charge on any atom is -0.493 e. The highest BCUT2D eigenvalue weighted by atomic mass is 16.5. The van der Waals surface area contributed by atoms with Gasteiger partial charge in [0.25, 0.3) is 0 Å². The predicted molar refractivity (Wildman–Crippen MR) is 88.2 cm³/mol. The Morgan fingerprint density at radius 1 is 1.09 bits per heavy atom. The zero-order chi connectivity index (χ0) is 15.7. The maximum Gasteiger partial charge on any atom is 0.249 e. The van der Waals surface area contributed by atoms with Gasteiger partial charge in [-0.3, -0.25) is 10.2 Å². The molecule has 1 fully saturated rings. The van der Waals surface area contributed by atoms with Crippen molar-refractivity contribution < 1.29 is 9.53 Å². The predicted octanol–water partition coefficient (Wildman–Crippen LogP) is 3.24. The molecule has 0 bridgehead atoms. The summed E-state index contributed by atoms with van der Waals surface area (Å²) in [5, 5.41) is 2.19. The second-order valence-corrected chi connectivity index (χ2v) is 5.89. The fourth-order valence-electron chi connectivity index (χ4n) is 2.64. The first-order valence-corrected chi connectivity index (χ1v) is 7.47.